The molecule has 2 aliphatic rings. The maximum Gasteiger partial charge on any atom is 0.274 e. The average molecular weight is 266 g/mol. The van der Waals surface area contributed by atoms with Crippen LogP contribution in [-0.2, 0) is 9.59 Å². The number of hydrogen-bond acceptors (Lipinski definition) is 3. The van der Waals surface area contributed by atoms with E-state index in [1.165, 1.54) is 11.0 Å². The lowest BCUT2D eigenvalue weighted by Crippen LogP contribution is -2.49. The van der Waals surface area contributed by atoms with Gasteiger partial charge in [0.2, 0.25) is 11.4 Å². The SMILES string of the molecule is CC1=CC(=O)C2(C=C1)N=C(c1ccccc1)C(=O)N2C. The second-order valence-electron chi connectivity index (χ2n) is 5.00. The molecule has 0 fully saturated rings. The van der Waals surface area contributed by atoms with Gasteiger partial charge in [-0.1, -0.05) is 36.4 Å². The normalized spacial score (nSPS) is 25.2. The van der Waals surface area contributed by atoms with Crippen LogP contribution in [0.3, 0.4) is 0 Å². The first-order valence-electron chi connectivity index (χ1n) is 6.40. The van der Waals surface area contributed by atoms with Crippen molar-refractivity contribution in [1.29, 1.82) is 0 Å². The second kappa shape index (κ2) is 4.27. The van der Waals surface area contributed by atoms with Crippen molar-refractivity contribution in [3.63, 3.8) is 0 Å². The first-order chi connectivity index (χ1) is 9.54. The topological polar surface area (TPSA) is 49.7 Å². The van der Waals surface area contributed by atoms with Crippen LogP contribution in [0, 0.1) is 0 Å². The molecule has 1 atom stereocenters. The number of likely N-dealkylation sites (N-methyl/N-ethyl adjacent to an activating group) is 1. The predicted octanol–water partition coefficient (Wildman–Crippen LogP) is 1.73. The number of allylic oxidation sites excluding steroid dienone is 2. The van der Waals surface area contributed by atoms with Crippen LogP contribution in [0.1, 0.15) is 12.5 Å². The Labute approximate surface area is 117 Å². The molecule has 1 amide bonds. The van der Waals surface area contributed by atoms with Gasteiger partial charge < -0.3 is 4.90 Å². The number of nitrogens with zero attached hydrogens (tertiary/aromatic N) is 2. The first kappa shape index (κ1) is 12.5. The molecule has 1 aromatic rings. The van der Waals surface area contributed by atoms with Crippen molar-refractivity contribution in [3.8, 4) is 0 Å². The lowest BCUT2D eigenvalue weighted by Gasteiger charge is -2.30. The molecule has 1 spiro atoms. The number of benzene rings is 1. The third-order valence-electron chi connectivity index (χ3n) is 3.65. The molecule has 3 rings (SSSR count). The van der Waals surface area contributed by atoms with Crippen molar-refractivity contribution < 1.29 is 9.59 Å². The third-order valence-corrected chi connectivity index (χ3v) is 3.65. The minimum atomic E-state index is -1.21. The lowest BCUT2D eigenvalue weighted by molar-refractivity contribution is -0.132. The molecule has 0 saturated heterocycles. The molecule has 1 unspecified atom stereocenters. The highest BCUT2D eigenvalue weighted by molar-refractivity contribution is 6.47. The number of amides is 1. The van der Waals surface area contributed by atoms with E-state index in [4.69, 9.17) is 0 Å². The molecule has 0 aromatic heterocycles. The number of rotatable bonds is 1. The molecule has 1 aromatic carbocycles. The summed E-state index contributed by atoms with van der Waals surface area (Å²) in [6.07, 6.45) is 5.04. The summed E-state index contributed by atoms with van der Waals surface area (Å²) in [4.78, 5) is 30.6. The fourth-order valence-electron chi connectivity index (χ4n) is 2.45. The minimum absolute atomic E-state index is 0.181. The molecule has 100 valence electrons. The van der Waals surface area contributed by atoms with Crippen molar-refractivity contribution in [2.75, 3.05) is 7.05 Å². The predicted molar refractivity (Wildman–Crippen MR) is 76.4 cm³/mol. The molecule has 1 aliphatic heterocycles. The van der Waals surface area contributed by atoms with E-state index in [2.05, 4.69) is 4.99 Å². The van der Waals surface area contributed by atoms with E-state index >= 15 is 0 Å². The summed E-state index contributed by atoms with van der Waals surface area (Å²) in [6, 6.07) is 9.21. The van der Waals surface area contributed by atoms with Crippen molar-refractivity contribution >= 4 is 17.4 Å². The Morgan fingerprint density at radius 1 is 1.15 bits per heavy atom. The van der Waals surface area contributed by atoms with Gasteiger partial charge in [0.1, 0.15) is 5.71 Å². The number of carbonyl (C=O) groups excluding carboxylic acids is 2. The second-order valence-corrected chi connectivity index (χ2v) is 5.00. The standard InChI is InChI=1S/C16H14N2O2/c1-11-8-9-16(13(19)10-11)17-14(15(20)18(16)2)12-6-4-3-5-7-12/h3-10H,1-2H3. The Morgan fingerprint density at radius 3 is 2.50 bits per heavy atom. The van der Waals surface area contributed by atoms with Crippen LogP contribution in [0.4, 0.5) is 0 Å². The summed E-state index contributed by atoms with van der Waals surface area (Å²) in [5.41, 5.74) is 0.722. The lowest BCUT2D eigenvalue weighted by atomic mass is 9.96. The van der Waals surface area contributed by atoms with Gasteiger partial charge in [0.25, 0.3) is 5.91 Å². The molecule has 4 heteroatoms. The van der Waals surface area contributed by atoms with E-state index < -0.39 is 5.66 Å². The summed E-state index contributed by atoms with van der Waals surface area (Å²) in [5, 5.41) is 0. The van der Waals surface area contributed by atoms with E-state index in [0.29, 0.717) is 5.71 Å². The van der Waals surface area contributed by atoms with Crippen LogP contribution in [0.2, 0.25) is 0 Å². The van der Waals surface area contributed by atoms with Gasteiger partial charge in [0.05, 0.1) is 0 Å². The third kappa shape index (κ3) is 1.65. The molecule has 4 nitrogen and oxygen atoms in total. The van der Waals surface area contributed by atoms with Crippen LogP contribution in [0.5, 0.6) is 0 Å². The first-order valence-corrected chi connectivity index (χ1v) is 6.40. The Hall–Kier alpha value is -2.49. The smallest absolute Gasteiger partial charge is 0.274 e. The summed E-state index contributed by atoms with van der Waals surface area (Å²) in [6.45, 7) is 1.85. The summed E-state index contributed by atoms with van der Waals surface area (Å²) >= 11 is 0. The number of carbonyl (C=O) groups is 2. The van der Waals surface area contributed by atoms with Gasteiger partial charge >= 0.3 is 0 Å². The Balaban J connectivity index is 2.12. The molecular formula is C16H14N2O2. The number of hydrogen-bond donors (Lipinski definition) is 0. The monoisotopic (exact) mass is 266 g/mol. The molecule has 0 bridgehead atoms. The van der Waals surface area contributed by atoms with E-state index in [1.54, 1.807) is 13.1 Å². The molecule has 20 heavy (non-hydrogen) atoms. The van der Waals surface area contributed by atoms with Crippen LogP contribution in [0.15, 0.2) is 59.1 Å². The number of ketones is 1. The molecule has 0 radical (unpaired) electrons. The van der Waals surface area contributed by atoms with Crippen molar-refractivity contribution in [3.05, 3.63) is 59.7 Å². The van der Waals surface area contributed by atoms with Gasteiger partial charge in [-0.15, -0.1) is 0 Å². The van der Waals surface area contributed by atoms with Crippen LogP contribution in [0.25, 0.3) is 0 Å². The molecule has 0 saturated carbocycles. The highest BCUT2D eigenvalue weighted by atomic mass is 16.2. The quantitative estimate of drug-likeness (QED) is 0.777. The largest absolute Gasteiger partial charge is 0.306 e. The van der Waals surface area contributed by atoms with Crippen LogP contribution in [-0.4, -0.2) is 35.0 Å². The minimum Gasteiger partial charge on any atom is -0.306 e. The van der Waals surface area contributed by atoms with E-state index in [0.717, 1.165) is 11.1 Å². The van der Waals surface area contributed by atoms with Gasteiger partial charge in [-0.3, -0.25) is 9.59 Å². The Bertz CT molecular complexity index is 686. The van der Waals surface area contributed by atoms with E-state index in [-0.39, 0.29) is 11.7 Å². The van der Waals surface area contributed by atoms with Crippen molar-refractivity contribution in [2.45, 2.75) is 12.6 Å². The maximum absolute atomic E-state index is 12.4. The highest BCUT2D eigenvalue weighted by Crippen LogP contribution is 2.31. The zero-order valence-electron chi connectivity index (χ0n) is 11.3. The van der Waals surface area contributed by atoms with Crippen LogP contribution >= 0.6 is 0 Å². The van der Waals surface area contributed by atoms with E-state index in [9.17, 15) is 9.59 Å². The highest BCUT2D eigenvalue weighted by Gasteiger charge is 2.49. The van der Waals surface area contributed by atoms with E-state index in [1.807, 2.05) is 43.3 Å². The molecule has 1 heterocycles. The van der Waals surface area contributed by atoms with Gasteiger partial charge in [-0.25, -0.2) is 4.99 Å². The zero-order valence-corrected chi connectivity index (χ0v) is 11.3. The van der Waals surface area contributed by atoms with Gasteiger partial charge in [0, 0.05) is 12.6 Å². The summed E-state index contributed by atoms with van der Waals surface area (Å²) < 4.78 is 0. The molecular weight excluding hydrogens is 252 g/mol. The average Bonchev–Trinajstić information content (AvgIpc) is 2.71. The maximum atomic E-state index is 12.4. The summed E-state index contributed by atoms with van der Waals surface area (Å²) in [7, 11) is 1.61. The number of aliphatic imine (C=N–C) groups is 1. The fraction of sp³-hybridized carbons (Fsp3) is 0.188. The van der Waals surface area contributed by atoms with Gasteiger partial charge in [0.15, 0.2) is 0 Å². The van der Waals surface area contributed by atoms with Gasteiger partial charge in [-0.2, -0.15) is 0 Å². The Morgan fingerprint density at radius 2 is 1.85 bits per heavy atom. The van der Waals surface area contributed by atoms with Gasteiger partial charge in [-0.05, 0) is 24.6 Å². The summed E-state index contributed by atoms with van der Waals surface area (Å²) in [5.74, 6) is -0.415. The van der Waals surface area contributed by atoms with Crippen molar-refractivity contribution in [2.24, 2.45) is 4.99 Å². The fourth-order valence-corrected chi connectivity index (χ4v) is 2.45. The molecule has 0 N–H and O–H groups in total. The van der Waals surface area contributed by atoms with Crippen LogP contribution < -0.4 is 0 Å². The molecule has 1 aliphatic carbocycles. The zero-order chi connectivity index (χ0) is 14.3. The van der Waals surface area contributed by atoms with Crippen molar-refractivity contribution in [1.82, 2.24) is 4.90 Å². The Kier molecular flexibility index (Phi) is 2.67.